The summed E-state index contributed by atoms with van der Waals surface area (Å²) in [6.07, 6.45) is -1.00. The SMILES string of the molecule is CC1(C)OC(=O)c2c(C[C@H](NC(=O)OCC3c4ccccc4-c4ccccc43)C(=O)O)cccc2O1. The predicted octanol–water partition coefficient (Wildman–Crippen LogP) is 4.51. The zero-order chi connectivity index (χ0) is 25.4. The Kier molecular flexibility index (Phi) is 5.88. The first-order valence-corrected chi connectivity index (χ1v) is 11.6. The third-order valence-electron chi connectivity index (χ3n) is 6.37. The van der Waals surface area contributed by atoms with E-state index in [1.165, 1.54) is 0 Å². The number of ether oxygens (including phenoxy) is 3. The Labute approximate surface area is 207 Å². The van der Waals surface area contributed by atoms with Crippen molar-refractivity contribution in [2.75, 3.05) is 6.61 Å². The minimum atomic E-state index is -1.32. The molecule has 8 nitrogen and oxygen atoms in total. The second kappa shape index (κ2) is 9.03. The van der Waals surface area contributed by atoms with Crippen molar-refractivity contribution in [2.24, 2.45) is 0 Å². The number of rotatable bonds is 6. The fraction of sp³-hybridized carbons (Fsp3) is 0.250. The van der Waals surface area contributed by atoms with Gasteiger partial charge in [-0.25, -0.2) is 14.4 Å². The first kappa shape index (κ1) is 23.4. The number of carboxylic acids is 1. The van der Waals surface area contributed by atoms with Crippen LogP contribution < -0.4 is 10.1 Å². The summed E-state index contributed by atoms with van der Waals surface area (Å²) in [7, 11) is 0. The molecule has 0 bridgehead atoms. The van der Waals surface area contributed by atoms with E-state index >= 15 is 0 Å². The van der Waals surface area contributed by atoms with Gasteiger partial charge in [0, 0.05) is 26.2 Å². The third-order valence-corrected chi connectivity index (χ3v) is 6.37. The number of hydrogen-bond acceptors (Lipinski definition) is 6. The Morgan fingerprint density at radius 3 is 2.25 bits per heavy atom. The maximum absolute atomic E-state index is 12.7. The number of carbonyl (C=O) groups excluding carboxylic acids is 2. The van der Waals surface area contributed by atoms with Gasteiger partial charge in [-0.3, -0.25) is 0 Å². The largest absolute Gasteiger partial charge is 0.480 e. The third kappa shape index (κ3) is 4.37. The maximum atomic E-state index is 12.7. The van der Waals surface area contributed by atoms with Gasteiger partial charge in [-0.05, 0) is 33.9 Å². The van der Waals surface area contributed by atoms with Gasteiger partial charge in [0.15, 0.2) is 0 Å². The lowest BCUT2D eigenvalue weighted by molar-refractivity contribution is -0.139. The van der Waals surface area contributed by atoms with Crippen LogP contribution in [0.2, 0.25) is 0 Å². The van der Waals surface area contributed by atoms with Crippen molar-refractivity contribution in [1.82, 2.24) is 5.32 Å². The molecule has 1 heterocycles. The molecule has 2 aliphatic rings. The number of nitrogens with one attached hydrogen (secondary N) is 1. The average Bonchev–Trinajstić information content (AvgIpc) is 3.15. The Hall–Kier alpha value is -4.33. The fourth-order valence-corrected chi connectivity index (χ4v) is 4.83. The van der Waals surface area contributed by atoms with Gasteiger partial charge in [0.2, 0.25) is 5.79 Å². The molecule has 3 aromatic carbocycles. The van der Waals surface area contributed by atoms with Gasteiger partial charge >= 0.3 is 18.0 Å². The Morgan fingerprint density at radius 2 is 1.61 bits per heavy atom. The van der Waals surface area contributed by atoms with E-state index in [-0.39, 0.29) is 24.5 Å². The van der Waals surface area contributed by atoms with Crippen LogP contribution in [0.1, 0.15) is 46.8 Å². The number of cyclic esters (lactones) is 1. The van der Waals surface area contributed by atoms with E-state index in [0.717, 1.165) is 22.3 Å². The van der Waals surface area contributed by atoms with Crippen molar-refractivity contribution in [1.29, 1.82) is 0 Å². The van der Waals surface area contributed by atoms with Crippen LogP contribution >= 0.6 is 0 Å². The first-order valence-electron chi connectivity index (χ1n) is 11.6. The Balaban J connectivity index is 1.29. The van der Waals surface area contributed by atoms with Crippen molar-refractivity contribution < 1.29 is 33.7 Å². The molecule has 1 aliphatic heterocycles. The first-order chi connectivity index (χ1) is 17.2. The quantitative estimate of drug-likeness (QED) is 0.492. The molecule has 1 amide bonds. The van der Waals surface area contributed by atoms with Gasteiger partial charge in [-0.2, -0.15) is 0 Å². The molecular weight excluding hydrogens is 462 g/mol. The molecule has 184 valence electrons. The average molecular weight is 488 g/mol. The van der Waals surface area contributed by atoms with Crippen LogP contribution in [0.15, 0.2) is 66.7 Å². The molecule has 0 saturated carbocycles. The topological polar surface area (TPSA) is 111 Å². The summed E-state index contributed by atoms with van der Waals surface area (Å²) in [5.74, 6) is -2.84. The molecule has 0 unspecified atom stereocenters. The highest BCUT2D eigenvalue weighted by Gasteiger charge is 2.36. The maximum Gasteiger partial charge on any atom is 0.407 e. The Morgan fingerprint density at radius 1 is 0.972 bits per heavy atom. The lowest BCUT2D eigenvalue weighted by Crippen LogP contribution is -2.44. The molecule has 1 atom stereocenters. The van der Waals surface area contributed by atoms with E-state index in [1.807, 2.05) is 48.5 Å². The summed E-state index contributed by atoms with van der Waals surface area (Å²) in [5, 5.41) is 12.2. The van der Waals surface area contributed by atoms with Crippen LogP contribution in [0.4, 0.5) is 4.79 Å². The van der Waals surface area contributed by atoms with E-state index < -0.39 is 29.9 Å². The van der Waals surface area contributed by atoms with E-state index in [0.29, 0.717) is 11.3 Å². The molecule has 0 fully saturated rings. The summed E-state index contributed by atoms with van der Waals surface area (Å²) >= 11 is 0. The molecule has 5 rings (SSSR count). The molecule has 0 radical (unpaired) electrons. The van der Waals surface area contributed by atoms with Gasteiger partial charge < -0.3 is 24.6 Å². The van der Waals surface area contributed by atoms with Crippen molar-refractivity contribution in [3.05, 3.63) is 89.0 Å². The van der Waals surface area contributed by atoms with Crippen molar-refractivity contribution >= 4 is 18.0 Å². The van der Waals surface area contributed by atoms with Crippen molar-refractivity contribution in [3.63, 3.8) is 0 Å². The Bertz CT molecular complexity index is 1320. The van der Waals surface area contributed by atoms with Gasteiger partial charge in [0.1, 0.15) is 24.0 Å². The number of esters is 1. The zero-order valence-corrected chi connectivity index (χ0v) is 19.8. The van der Waals surface area contributed by atoms with Crippen LogP contribution in [0.5, 0.6) is 5.75 Å². The van der Waals surface area contributed by atoms with Gasteiger partial charge in [-0.15, -0.1) is 0 Å². The number of alkyl carbamates (subject to hydrolysis) is 1. The summed E-state index contributed by atoms with van der Waals surface area (Å²) in [5.41, 5.74) is 4.84. The lowest BCUT2D eigenvalue weighted by Gasteiger charge is -2.32. The van der Waals surface area contributed by atoms with Crippen LogP contribution in [-0.4, -0.2) is 41.6 Å². The summed E-state index contributed by atoms with van der Waals surface area (Å²) < 4.78 is 16.5. The summed E-state index contributed by atoms with van der Waals surface area (Å²) in [4.78, 5) is 37.2. The lowest BCUT2D eigenvalue weighted by atomic mass is 9.98. The molecule has 0 spiro atoms. The van der Waals surface area contributed by atoms with Crippen molar-refractivity contribution in [2.45, 2.75) is 38.0 Å². The number of carboxylic acid groups (broad SMARTS) is 1. The number of amides is 1. The molecule has 8 heteroatoms. The normalized spacial score (nSPS) is 16.0. The van der Waals surface area contributed by atoms with E-state index in [9.17, 15) is 19.5 Å². The number of carbonyl (C=O) groups is 3. The summed E-state index contributed by atoms with van der Waals surface area (Å²) in [6.45, 7) is 3.28. The molecule has 36 heavy (non-hydrogen) atoms. The summed E-state index contributed by atoms with van der Waals surface area (Å²) in [6, 6.07) is 19.4. The molecule has 1 aliphatic carbocycles. The predicted molar refractivity (Wildman–Crippen MR) is 130 cm³/mol. The number of fused-ring (bicyclic) bond motifs is 4. The highest BCUT2D eigenvalue weighted by atomic mass is 16.7. The monoisotopic (exact) mass is 487 g/mol. The van der Waals surface area contributed by atoms with E-state index in [2.05, 4.69) is 5.32 Å². The second-order valence-corrected chi connectivity index (χ2v) is 9.25. The second-order valence-electron chi connectivity index (χ2n) is 9.25. The molecular formula is C28H25NO7. The van der Waals surface area contributed by atoms with Crippen LogP contribution in [0.3, 0.4) is 0 Å². The van der Waals surface area contributed by atoms with Crippen LogP contribution in [-0.2, 0) is 20.7 Å². The molecule has 2 N–H and O–H groups in total. The number of benzene rings is 3. The minimum absolute atomic E-state index is 0.0577. The van der Waals surface area contributed by atoms with Crippen molar-refractivity contribution in [3.8, 4) is 16.9 Å². The van der Waals surface area contributed by atoms with E-state index in [1.54, 1.807) is 32.0 Å². The number of hydrogen-bond donors (Lipinski definition) is 2. The number of aliphatic carboxylic acids is 1. The fourth-order valence-electron chi connectivity index (χ4n) is 4.83. The molecule has 0 saturated heterocycles. The van der Waals surface area contributed by atoms with Gasteiger partial charge in [-0.1, -0.05) is 60.7 Å². The van der Waals surface area contributed by atoms with Gasteiger partial charge in [0.05, 0.1) is 0 Å². The zero-order valence-electron chi connectivity index (χ0n) is 19.8. The van der Waals surface area contributed by atoms with Crippen LogP contribution in [0, 0.1) is 0 Å². The van der Waals surface area contributed by atoms with E-state index in [4.69, 9.17) is 14.2 Å². The molecule has 0 aromatic heterocycles. The van der Waals surface area contributed by atoms with Crippen LogP contribution in [0.25, 0.3) is 11.1 Å². The smallest absolute Gasteiger partial charge is 0.407 e. The minimum Gasteiger partial charge on any atom is -0.480 e. The molecule has 3 aromatic rings. The highest BCUT2D eigenvalue weighted by molar-refractivity contribution is 5.95. The van der Waals surface area contributed by atoms with Gasteiger partial charge in [0.25, 0.3) is 0 Å². The standard InChI is InChI=1S/C28H25NO7/c1-28(2)35-23-13-7-8-16(24(23)26(32)36-28)14-22(25(30)31)29-27(33)34-15-21-19-11-5-3-9-17(19)18-10-4-6-12-20(18)21/h3-13,21-22H,14-15H2,1-2H3,(H,29,33)(H,30,31)/t22-/m0/s1. The highest BCUT2D eigenvalue weighted by Crippen LogP contribution is 2.44.